The van der Waals surface area contributed by atoms with Gasteiger partial charge in [0.2, 0.25) is 0 Å². The van der Waals surface area contributed by atoms with Crippen LogP contribution >= 0.6 is 11.6 Å². The largest absolute Gasteiger partial charge is 0.345 e. The summed E-state index contributed by atoms with van der Waals surface area (Å²) >= 11 is 5.91. The van der Waals surface area contributed by atoms with Gasteiger partial charge in [-0.1, -0.05) is 11.6 Å². The highest BCUT2D eigenvalue weighted by atomic mass is 35.5. The molecule has 82 valence electrons. The van der Waals surface area contributed by atoms with E-state index in [1.165, 1.54) is 24.4 Å². The highest BCUT2D eigenvalue weighted by molar-refractivity contribution is 6.33. The Labute approximate surface area is 95.9 Å². The van der Waals surface area contributed by atoms with Gasteiger partial charge in [-0.25, -0.2) is 14.2 Å². The first-order chi connectivity index (χ1) is 7.58. The lowest BCUT2D eigenvalue weighted by Crippen LogP contribution is -2.11. The Balaban J connectivity index is 2.67. The summed E-state index contributed by atoms with van der Waals surface area (Å²) in [6, 6.07) is 4.02. The number of H-pyrrole nitrogens is 1. The third-order valence-corrected chi connectivity index (χ3v) is 2.51. The Morgan fingerprint density at radius 1 is 1.44 bits per heavy atom. The van der Waals surface area contributed by atoms with E-state index in [0.29, 0.717) is 11.3 Å². The molecule has 1 aromatic carbocycles. The minimum Gasteiger partial charge on any atom is -0.305 e. The first-order valence-corrected chi connectivity index (χ1v) is 4.97. The Morgan fingerprint density at radius 2 is 2.19 bits per heavy atom. The molecular weight excluding hydrogens is 231 g/mol. The Morgan fingerprint density at radius 3 is 2.88 bits per heavy atom. The average Bonchev–Trinajstić information content (AvgIpc) is 2.22. The number of halogens is 2. The molecule has 0 aliphatic carbocycles. The predicted molar refractivity (Wildman–Crippen MR) is 60.0 cm³/mol. The van der Waals surface area contributed by atoms with E-state index in [4.69, 9.17) is 11.6 Å². The smallest absolute Gasteiger partial charge is 0.305 e. The van der Waals surface area contributed by atoms with Crippen molar-refractivity contribution in [1.82, 2.24) is 9.97 Å². The minimum absolute atomic E-state index is 0.255. The molecule has 3 nitrogen and oxygen atoms in total. The van der Waals surface area contributed by atoms with Gasteiger partial charge in [-0.2, -0.15) is 0 Å². The van der Waals surface area contributed by atoms with Crippen LogP contribution in [0.4, 0.5) is 4.39 Å². The summed E-state index contributed by atoms with van der Waals surface area (Å²) in [4.78, 5) is 17.3. The summed E-state index contributed by atoms with van der Waals surface area (Å²) in [5.74, 6) is -0.414. The maximum Gasteiger partial charge on any atom is 0.345 e. The summed E-state index contributed by atoms with van der Waals surface area (Å²) < 4.78 is 12.9. The third-order valence-electron chi connectivity index (χ3n) is 2.20. The lowest BCUT2D eigenvalue weighted by atomic mass is 10.1. The number of hydrogen-bond donors (Lipinski definition) is 1. The third kappa shape index (κ3) is 1.97. The maximum atomic E-state index is 12.9. The molecule has 0 amide bonds. The van der Waals surface area contributed by atoms with Crippen LogP contribution in [-0.2, 0) is 0 Å². The number of benzene rings is 1. The molecule has 0 fully saturated rings. The molecule has 1 N–H and O–H groups in total. The molecule has 0 atom stereocenters. The van der Waals surface area contributed by atoms with Gasteiger partial charge in [0, 0.05) is 11.8 Å². The van der Waals surface area contributed by atoms with Gasteiger partial charge in [-0.05, 0) is 30.7 Å². The van der Waals surface area contributed by atoms with E-state index < -0.39 is 11.5 Å². The lowest BCUT2D eigenvalue weighted by Gasteiger charge is -2.06. The van der Waals surface area contributed by atoms with Crippen LogP contribution in [-0.4, -0.2) is 9.97 Å². The second kappa shape index (κ2) is 4.06. The normalized spacial score (nSPS) is 10.4. The number of nitrogens with one attached hydrogen (secondary N) is 1. The highest BCUT2D eigenvalue weighted by Gasteiger charge is 2.08. The quantitative estimate of drug-likeness (QED) is 0.830. The summed E-state index contributed by atoms with van der Waals surface area (Å²) in [7, 11) is 0. The van der Waals surface area contributed by atoms with Gasteiger partial charge in [0.05, 0.1) is 10.7 Å². The Hall–Kier alpha value is -1.68. The van der Waals surface area contributed by atoms with Crippen LogP contribution in [0, 0.1) is 12.7 Å². The molecule has 0 bridgehead atoms. The van der Waals surface area contributed by atoms with Crippen molar-refractivity contribution < 1.29 is 4.39 Å². The number of nitrogens with zero attached hydrogens (tertiary/aromatic N) is 1. The van der Waals surface area contributed by atoms with Gasteiger partial charge >= 0.3 is 5.69 Å². The molecule has 16 heavy (non-hydrogen) atoms. The van der Waals surface area contributed by atoms with E-state index >= 15 is 0 Å². The Bertz CT molecular complexity index is 595. The fourth-order valence-corrected chi connectivity index (χ4v) is 1.69. The van der Waals surface area contributed by atoms with Gasteiger partial charge in [-0.3, -0.25) is 0 Å². The standard InChI is InChI=1S/C11H8ClFN2O/c1-6-5-14-11(16)15-10(6)8-3-2-7(13)4-9(8)12/h2-5H,1H3,(H,14,15,16). The predicted octanol–water partition coefficient (Wildman–Crippen LogP) is 2.54. The van der Waals surface area contributed by atoms with Gasteiger partial charge in [0.15, 0.2) is 0 Å². The van der Waals surface area contributed by atoms with Crippen LogP contribution < -0.4 is 5.69 Å². The van der Waals surface area contributed by atoms with Crippen molar-refractivity contribution in [2.45, 2.75) is 6.92 Å². The van der Waals surface area contributed by atoms with Crippen molar-refractivity contribution in [2.75, 3.05) is 0 Å². The number of aryl methyl sites for hydroxylation is 1. The molecule has 0 aliphatic heterocycles. The van der Waals surface area contributed by atoms with Crippen LogP contribution in [0.15, 0.2) is 29.2 Å². The zero-order valence-electron chi connectivity index (χ0n) is 8.42. The molecular formula is C11H8ClFN2O. The molecule has 5 heteroatoms. The van der Waals surface area contributed by atoms with E-state index in [0.717, 1.165) is 5.56 Å². The van der Waals surface area contributed by atoms with E-state index in [1.54, 1.807) is 6.92 Å². The lowest BCUT2D eigenvalue weighted by molar-refractivity contribution is 0.628. The van der Waals surface area contributed by atoms with Crippen LogP contribution in [0.1, 0.15) is 5.56 Å². The first kappa shape index (κ1) is 10.8. The molecule has 0 spiro atoms. The van der Waals surface area contributed by atoms with E-state index in [1.807, 2.05) is 0 Å². The molecule has 0 unspecified atom stereocenters. The fraction of sp³-hybridized carbons (Fsp3) is 0.0909. The van der Waals surface area contributed by atoms with Crippen LogP contribution in [0.25, 0.3) is 11.3 Å². The SMILES string of the molecule is Cc1cnc(=O)[nH]c1-c1ccc(F)cc1Cl. The summed E-state index contributed by atoms with van der Waals surface area (Å²) in [5, 5.41) is 0.255. The van der Waals surface area contributed by atoms with Crippen molar-refractivity contribution in [2.24, 2.45) is 0 Å². The topological polar surface area (TPSA) is 45.8 Å². The van der Waals surface area contributed by atoms with E-state index in [2.05, 4.69) is 9.97 Å². The summed E-state index contributed by atoms with van der Waals surface area (Å²) in [6.45, 7) is 1.79. The van der Waals surface area contributed by atoms with Crippen LogP contribution in [0.3, 0.4) is 0 Å². The monoisotopic (exact) mass is 238 g/mol. The molecule has 1 heterocycles. The van der Waals surface area contributed by atoms with Crippen molar-refractivity contribution in [3.63, 3.8) is 0 Å². The van der Waals surface area contributed by atoms with Crippen LogP contribution in [0.5, 0.6) is 0 Å². The Kier molecular flexibility index (Phi) is 2.75. The zero-order chi connectivity index (χ0) is 11.7. The van der Waals surface area contributed by atoms with Crippen molar-refractivity contribution in [1.29, 1.82) is 0 Å². The van der Waals surface area contributed by atoms with Crippen molar-refractivity contribution in [3.05, 3.63) is 51.3 Å². The second-order valence-electron chi connectivity index (χ2n) is 3.37. The van der Waals surface area contributed by atoms with Gasteiger partial charge in [-0.15, -0.1) is 0 Å². The average molecular weight is 239 g/mol. The summed E-state index contributed by atoms with van der Waals surface area (Å²) in [5.41, 5.74) is 1.46. The van der Waals surface area contributed by atoms with E-state index in [9.17, 15) is 9.18 Å². The first-order valence-electron chi connectivity index (χ1n) is 4.59. The van der Waals surface area contributed by atoms with Gasteiger partial charge in [0.25, 0.3) is 0 Å². The number of aromatic nitrogens is 2. The second-order valence-corrected chi connectivity index (χ2v) is 3.78. The van der Waals surface area contributed by atoms with Gasteiger partial charge < -0.3 is 4.98 Å². The van der Waals surface area contributed by atoms with Crippen LogP contribution in [0.2, 0.25) is 5.02 Å². The van der Waals surface area contributed by atoms with E-state index in [-0.39, 0.29) is 5.02 Å². The fourth-order valence-electron chi connectivity index (χ4n) is 1.43. The molecule has 2 rings (SSSR count). The number of aromatic amines is 1. The molecule has 0 aliphatic rings. The molecule has 0 saturated carbocycles. The molecule has 0 radical (unpaired) electrons. The number of hydrogen-bond acceptors (Lipinski definition) is 2. The maximum absolute atomic E-state index is 12.9. The molecule has 2 aromatic rings. The molecule has 1 aromatic heterocycles. The summed E-state index contributed by atoms with van der Waals surface area (Å²) in [6.07, 6.45) is 1.45. The number of rotatable bonds is 1. The van der Waals surface area contributed by atoms with Crippen molar-refractivity contribution >= 4 is 11.6 Å². The zero-order valence-corrected chi connectivity index (χ0v) is 9.18. The van der Waals surface area contributed by atoms with Gasteiger partial charge in [0.1, 0.15) is 5.82 Å². The highest BCUT2D eigenvalue weighted by Crippen LogP contribution is 2.28. The molecule has 0 saturated heterocycles. The van der Waals surface area contributed by atoms with Crippen molar-refractivity contribution in [3.8, 4) is 11.3 Å². The minimum atomic E-state index is -0.457.